The summed E-state index contributed by atoms with van der Waals surface area (Å²) in [6.45, 7) is 3.30. The lowest BCUT2D eigenvalue weighted by atomic mass is 9.90. The Bertz CT molecular complexity index is 1390. The van der Waals surface area contributed by atoms with E-state index in [0.717, 1.165) is 36.9 Å². The van der Waals surface area contributed by atoms with E-state index in [-0.39, 0.29) is 23.6 Å². The van der Waals surface area contributed by atoms with Crippen LogP contribution in [0.15, 0.2) is 60.8 Å². The zero-order valence-corrected chi connectivity index (χ0v) is 21.9. The molecule has 0 spiro atoms. The third-order valence-corrected chi connectivity index (χ3v) is 6.33. The summed E-state index contributed by atoms with van der Waals surface area (Å²) in [7, 11) is 0. The van der Waals surface area contributed by atoms with Crippen molar-refractivity contribution in [1.82, 2.24) is 15.3 Å². The second kappa shape index (κ2) is 12.7. The van der Waals surface area contributed by atoms with Crippen LogP contribution in [0.25, 0.3) is 6.08 Å². The Hall–Kier alpha value is -4.73. The minimum atomic E-state index is -0.637. The monoisotopic (exact) mass is 528 g/mol. The van der Waals surface area contributed by atoms with Crippen molar-refractivity contribution < 1.29 is 19.1 Å². The highest BCUT2D eigenvalue weighted by molar-refractivity contribution is 5.98. The maximum absolute atomic E-state index is 12.8. The van der Waals surface area contributed by atoms with Crippen molar-refractivity contribution in [3.8, 4) is 5.75 Å². The van der Waals surface area contributed by atoms with Gasteiger partial charge in [0.05, 0.1) is 0 Å². The van der Waals surface area contributed by atoms with Crippen LogP contribution in [0.3, 0.4) is 0 Å². The van der Waals surface area contributed by atoms with Gasteiger partial charge in [0.2, 0.25) is 11.9 Å². The molecule has 1 saturated carbocycles. The first-order valence-corrected chi connectivity index (χ1v) is 12.8. The average Bonchev–Trinajstić information content (AvgIpc) is 2.89. The van der Waals surface area contributed by atoms with Crippen LogP contribution in [-0.4, -0.2) is 39.8 Å². The van der Waals surface area contributed by atoms with Gasteiger partial charge in [0.25, 0.3) is 5.91 Å². The molecular weight excluding hydrogens is 496 g/mol. The van der Waals surface area contributed by atoms with Crippen molar-refractivity contribution in [3.05, 3.63) is 77.5 Å². The molecule has 0 bridgehead atoms. The fourth-order valence-electron chi connectivity index (χ4n) is 4.49. The molecule has 10 heteroatoms. The Morgan fingerprint density at radius 2 is 1.82 bits per heavy atom. The summed E-state index contributed by atoms with van der Waals surface area (Å²) in [5, 5.41) is 9.56. The maximum Gasteiger partial charge on any atom is 0.308 e. The largest absolute Gasteiger partial charge is 0.426 e. The molecule has 0 aliphatic heterocycles. The molecule has 1 aliphatic carbocycles. The van der Waals surface area contributed by atoms with E-state index in [4.69, 9.17) is 10.5 Å². The van der Waals surface area contributed by atoms with E-state index in [0.29, 0.717) is 23.1 Å². The number of anilines is 3. The van der Waals surface area contributed by atoms with Gasteiger partial charge in [0.15, 0.2) is 0 Å². The van der Waals surface area contributed by atoms with E-state index in [1.807, 2.05) is 31.2 Å². The van der Waals surface area contributed by atoms with Gasteiger partial charge in [-0.05, 0) is 49.6 Å². The molecule has 10 nitrogen and oxygen atoms in total. The van der Waals surface area contributed by atoms with Gasteiger partial charge in [-0.25, -0.2) is 4.98 Å². The van der Waals surface area contributed by atoms with Gasteiger partial charge in [-0.2, -0.15) is 4.98 Å². The Morgan fingerprint density at radius 3 is 2.56 bits per heavy atom. The van der Waals surface area contributed by atoms with Gasteiger partial charge in [0.1, 0.15) is 17.1 Å². The number of amides is 2. The summed E-state index contributed by atoms with van der Waals surface area (Å²) in [4.78, 5) is 45.0. The smallest absolute Gasteiger partial charge is 0.308 e. The molecule has 5 N–H and O–H groups in total. The highest BCUT2D eigenvalue weighted by Crippen LogP contribution is 2.25. The minimum absolute atomic E-state index is 0.115. The summed E-state index contributed by atoms with van der Waals surface area (Å²) in [6, 6.07) is 14.4. The van der Waals surface area contributed by atoms with Gasteiger partial charge >= 0.3 is 5.97 Å². The van der Waals surface area contributed by atoms with E-state index in [2.05, 4.69) is 25.9 Å². The number of rotatable bonds is 9. The normalized spacial score (nSPS) is 16.9. The van der Waals surface area contributed by atoms with Crippen LogP contribution in [0.5, 0.6) is 5.75 Å². The van der Waals surface area contributed by atoms with Crippen LogP contribution < -0.4 is 26.4 Å². The molecule has 1 fully saturated rings. The number of para-hydroxylation sites is 1. The topological polar surface area (TPSA) is 148 Å². The molecule has 2 atom stereocenters. The van der Waals surface area contributed by atoms with E-state index >= 15 is 0 Å². The van der Waals surface area contributed by atoms with Gasteiger partial charge in [-0.1, -0.05) is 43.2 Å². The molecule has 4 rings (SSSR count). The molecule has 3 aromatic rings. The quantitative estimate of drug-likeness (QED) is 0.184. The lowest BCUT2D eigenvalue weighted by Crippen LogP contribution is -2.48. The van der Waals surface area contributed by atoms with Gasteiger partial charge in [0, 0.05) is 42.5 Å². The Labute approximate surface area is 227 Å². The molecular formula is C29H32N6O4. The number of aromatic nitrogens is 2. The molecule has 0 unspecified atom stereocenters. The summed E-state index contributed by atoms with van der Waals surface area (Å²) < 4.78 is 5.21. The molecule has 0 radical (unpaired) electrons. The van der Waals surface area contributed by atoms with E-state index in [9.17, 15) is 14.4 Å². The van der Waals surface area contributed by atoms with Crippen LogP contribution in [0.2, 0.25) is 0 Å². The van der Waals surface area contributed by atoms with Crippen molar-refractivity contribution in [2.45, 2.75) is 51.6 Å². The lowest BCUT2D eigenvalue weighted by Gasteiger charge is -2.32. The number of nitrogens with two attached hydrogens (primary N) is 1. The number of carbonyl (C=O) groups excluding carboxylic acids is 3. The average molecular weight is 529 g/mol. The third kappa shape index (κ3) is 7.64. The highest BCUT2D eigenvalue weighted by atomic mass is 16.5. The van der Waals surface area contributed by atoms with Crippen LogP contribution >= 0.6 is 0 Å². The SMILES string of the molecule is CC(=O)Oc1ccccc1C=CC(=O)N[C@@H]1CCCC[C@@H]1Nc1ncc(C(N)=O)c(Nc2cccc(C)c2)n1. The molecule has 1 aliphatic rings. The Morgan fingerprint density at radius 1 is 1.05 bits per heavy atom. The van der Waals surface area contributed by atoms with Crippen molar-refractivity contribution >= 4 is 41.3 Å². The number of ether oxygens (including phenoxy) is 1. The van der Waals surface area contributed by atoms with Crippen LogP contribution in [-0.2, 0) is 9.59 Å². The summed E-state index contributed by atoms with van der Waals surface area (Å²) in [5.74, 6) is -0.319. The molecule has 1 aromatic heterocycles. The number of primary amides is 1. The van der Waals surface area contributed by atoms with Crippen molar-refractivity contribution in [2.24, 2.45) is 5.73 Å². The number of esters is 1. The maximum atomic E-state index is 12.8. The number of aryl methyl sites for hydroxylation is 1. The number of nitrogens with zero attached hydrogens (tertiary/aromatic N) is 2. The van der Waals surface area contributed by atoms with E-state index in [1.165, 1.54) is 19.2 Å². The first kappa shape index (κ1) is 27.3. The summed E-state index contributed by atoms with van der Waals surface area (Å²) in [5.41, 5.74) is 8.18. The highest BCUT2D eigenvalue weighted by Gasteiger charge is 2.27. The molecule has 2 amide bonds. The van der Waals surface area contributed by atoms with Crippen LogP contribution in [0.4, 0.5) is 17.5 Å². The van der Waals surface area contributed by atoms with Gasteiger partial charge in [-0.3, -0.25) is 14.4 Å². The fourth-order valence-corrected chi connectivity index (χ4v) is 4.49. The van der Waals surface area contributed by atoms with E-state index in [1.54, 1.807) is 30.3 Å². The molecule has 39 heavy (non-hydrogen) atoms. The number of benzene rings is 2. The first-order chi connectivity index (χ1) is 18.8. The number of nitrogens with one attached hydrogen (secondary N) is 3. The Kier molecular flexibility index (Phi) is 8.88. The Balaban J connectivity index is 1.46. The molecule has 202 valence electrons. The summed E-state index contributed by atoms with van der Waals surface area (Å²) in [6.07, 6.45) is 8.01. The zero-order valence-electron chi connectivity index (χ0n) is 21.9. The minimum Gasteiger partial charge on any atom is -0.426 e. The number of hydrogen-bond acceptors (Lipinski definition) is 8. The van der Waals surface area contributed by atoms with Crippen molar-refractivity contribution in [1.29, 1.82) is 0 Å². The first-order valence-electron chi connectivity index (χ1n) is 12.8. The molecule has 1 heterocycles. The molecule has 0 saturated heterocycles. The second-order valence-electron chi connectivity index (χ2n) is 9.43. The second-order valence-corrected chi connectivity index (χ2v) is 9.43. The van der Waals surface area contributed by atoms with Crippen LogP contribution in [0.1, 0.15) is 54.1 Å². The fraction of sp³-hybridized carbons (Fsp3) is 0.276. The van der Waals surface area contributed by atoms with Crippen molar-refractivity contribution in [2.75, 3.05) is 10.6 Å². The third-order valence-electron chi connectivity index (χ3n) is 6.33. The predicted molar refractivity (Wildman–Crippen MR) is 150 cm³/mol. The lowest BCUT2D eigenvalue weighted by molar-refractivity contribution is -0.131. The standard InChI is InChI=1S/C29H32N6O4/c1-18-8-7-10-21(16-18)32-28-22(27(30)38)17-31-29(35-28)34-24-12-5-4-11-23(24)33-26(37)15-14-20-9-3-6-13-25(20)39-19(2)36/h3,6-10,13-17,23-24H,4-5,11-12H2,1-2H3,(H2,30,38)(H,33,37)(H2,31,32,34,35)/t23-,24+/m1/s1. The van der Waals surface area contributed by atoms with Gasteiger partial charge < -0.3 is 26.4 Å². The van der Waals surface area contributed by atoms with E-state index < -0.39 is 11.9 Å². The summed E-state index contributed by atoms with van der Waals surface area (Å²) >= 11 is 0. The number of carbonyl (C=O) groups is 3. The zero-order chi connectivity index (χ0) is 27.8. The van der Waals surface area contributed by atoms with Crippen LogP contribution in [0, 0.1) is 6.92 Å². The number of hydrogen-bond donors (Lipinski definition) is 4. The van der Waals surface area contributed by atoms with Gasteiger partial charge in [-0.15, -0.1) is 0 Å². The van der Waals surface area contributed by atoms with Crippen molar-refractivity contribution in [3.63, 3.8) is 0 Å². The predicted octanol–water partition coefficient (Wildman–Crippen LogP) is 4.11. The molecule has 2 aromatic carbocycles.